The van der Waals surface area contributed by atoms with E-state index < -0.39 is 0 Å². The fourth-order valence-electron chi connectivity index (χ4n) is 2.95. The minimum absolute atomic E-state index is 0.0960. The SMILES string of the molecule is Fc1ccc2c(c1)C([C@H]1C=CCOC1)C1=NC=COC1=N2. The number of rotatable bonds is 1. The maximum atomic E-state index is 13.7. The van der Waals surface area contributed by atoms with Crippen LogP contribution in [0, 0.1) is 11.7 Å². The minimum Gasteiger partial charge on any atom is -0.444 e. The zero-order chi connectivity index (χ0) is 14.2. The molecule has 3 aliphatic heterocycles. The Morgan fingerprint density at radius 2 is 2.24 bits per heavy atom. The predicted molar refractivity (Wildman–Crippen MR) is 77.3 cm³/mol. The highest BCUT2D eigenvalue weighted by molar-refractivity contribution is 6.43. The van der Waals surface area contributed by atoms with Crippen LogP contribution < -0.4 is 0 Å². The predicted octanol–water partition coefficient (Wildman–Crippen LogP) is 3.10. The van der Waals surface area contributed by atoms with E-state index in [0.717, 1.165) is 17.0 Å². The molecule has 0 fully saturated rings. The summed E-state index contributed by atoms with van der Waals surface area (Å²) >= 11 is 0. The lowest BCUT2D eigenvalue weighted by Gasteiger charge is -2.32. The van der Waals surface area contributed by atoms with Gasteiger partial charge in [0.05, 0.1) is 25.1 Å². The highest BCUT2D eigenvalue weighted by Crippen LogP contribution is 2.40. The van der Waals surface area contributed by atoms with Crippen molar-refractivity contribution >= 4 is 17.3 Å². The lowest BCUT2D eigenvalue weighted by molar-refractivity contribution is 0.123. The Bertz CT molecular complexity index is 706. The smallest absolute Gasteiger partial charge is 0.241 e. The molecule has 1 aromatic rings. The van der Waals surface area contributed by atoms with E-state index >= 15 is 0 Å². The second kappa shape index (κ2) is 4.93. The monoisotopic (exact) mass is 284 g/mol. The molecule has 0 aromatic heterocycles. The Morgan fingerprint density at radius 3 is 3.10 bits per heavy atom. The van der Waals surface area contributed by atoms with Crippen LogP contribution >= 0.6 is 0 Å². The molecule has 21 heavy (non-hydrogen) atoms. The van der Waals surface area contributed by atoms with Crippen LogP contribution in [-0.2, 0) is 9.47 Å². The number of nitrogens with zero attached hydrogens (tertiary/aromatic N) is 2. The molecule has 0 bridgehead atoms. The first-order valence-corrected chi connectivity index (χ1v) is 6.85. The zero-order valence-electron chi connectivity index (χ0n) is 11.2. The molecule has 0 saturated heterocycles. The summed E-state index contributed by atoms with van der Waals surface area (Å²) in [6.45, 7) is 1.19. The van der Waals surface area contributed by atoms with E-state index in [1.54, 1.807) is 12.3 Å². The van der Waals surface area contributed by atoms with Crippen molar-refractivity contribution in [3.63, 3.8) is 0 Å². The van der Waals surface area contributed by atoms with Crippen molar-refractivity contribution in [2.45, 2.75) is 5.92 Å². The first kappa shape index (κ1) is 12.5. The van der Waals surface area contributed by atoms with Gasteiger partial charge in [0, 0.05) is 11.8 Å². The molecule has 0 amide bonds. The molecule has 0 N–H and O–H groups in total. The van der Waals surface area contributed by atoms with Crippen molar-refractivity contribution in [1.82, 2.24) is 0 Å². The van der Waals surface area contributed by atoms with Gasteiger partial charge in [0.1, 0.15) is 17.8 Å². The molecule has 0 spiro atoms. The fraction of sp³-hybridized carbons (Fsp3) is 0.250. The van der Waals surface area contributed by atoms with E-state index in [0.29, 0.717) is 19.1 Å². The van der Waals surface area contributed by atoms with Crippen molar-refractivity contribution in [1.29, 1.82) is 0 Å². The van der Waals surface area contributed by atoms with E-state index in [9.17, 15) is 4.39 Å². The largest absolute Gasteiger partial charge is 0.444 e. The number of benzene rings is 1. The van der Waals surface area contributed by atoms with Gasteiger partial charge in [-0.3, -0.25) is 4.99 Å². The van der Waals surface area contributed by atoms with Gasteiger partial charge in [-0.05, 0) is 23.8 Å². The molecule has 4 nitrogen and oxygen atoms in total. The van der Waals surface area contributed by atoms with Crippen molar-refractivity contribution in [2.75, 3.05) is 13.2 Å². The Hall–Kier alpha value is -2.27. The molecule has 0 radical (unpaired) electrons. The molecule has 0 saturated carbocycles. The van der Waals surface area contributed by atoms with E-state index in [4.69, 9.17) is 9.47 Å². The van der Waals surface area contributed by atoms with Crippen LogP contribution in [0.2, 0.25) is 0 Å². The molecular weight excluding hydrogens is 271 g/mol. The normalized spacial score (nSPS) is 26.3. The quantitative estimate of drug-likeness (QED) is 0.744. The summed E-state index contributed by atoms with van der Waals surface area (Å²) in [7, 11) is 0. The van der Waals surface area contributed by atoms with Crippen LogP contribution in [0.25, 0.3) is 0 Å². The Balaban J connectivity index is 1.88. The zero-order valence-corrected chi connectivity index (χ0v) is 11.2. The number of halogens is 1. The van der Waals surface area contributed by atoms with Crippen molar-refractivity contribution < 1.29 is 13.9 Å². The summed E-state index contributed by atoms with van der Waals surface area (Å²) in [6.07, 6.45) is 7.19. The molecule has 2 atom stereocenters. The van der Waals surface area contributed by atoms with E-state index in [-0.39, 0.29) is 17.7 Å². The van der Waals surface area contributed by atoms with Crippen molar-refractivity contribution in [3.8, 4) is 0 Å². The molecule has 1 unspecified atom stereocenters. The summed E-state index contributed by atoms with van der Waals surface area (Å²) in [5.74, 6) is 0.204. The maximum Gasteiger partial charge on any atom is 0.241 e. The third-order valence-corrected chi connectivity index (χ3v) is 3.85. The fourth-order valence-corrected chi connectivity index (χ4v) is 2.95. The average Bonchev–Trinajstić information content (AvgIpc) is 2.53. The Kier molecular flexibility index (Phi) is 2.93. The topological polar surface area (TPSA) is 43.2 Å². The average molecular weight is 284 g/mol. The summed E-state index contributed by atoms with van der Waals surface area (Å²) in [5.41, 5.74) is 2.29. The second-order valence-electron chi connectivity index (χ2n) is 5.14. The van der Waals surface area contributed by atoms with Gasteiger partial charge >= 0.3 is 0 Å². The molecule has 3 heterocycles. The number of hydrogen-bond acceptors (Lipinski definition) is 4. The third kappa shape index (κ3) is 2.10. The third-order valence-electron chi connectivity index (χ3n) is 3.85. The number of fused-ring (bicyclic) bond motifs is 2. The van der Waals surface area contributed by atoms with Crippen LogP contribution in [0.5, 0.6) is 0 Å². The van der Waals surface area contributed by atoms with E-state index in [1.165, 1.54) is 18.4 Å². The molecule has 0 aliphatic carbocycles. The summed E-state index contributed by atoms with van der Waals surface area (Å²) in [5, 5.41) is 0. The van der Waals surface area contributed by atoms with Gasteiger partial charge in [-0.25, -0.2) is 9.38 Å². The minimum atomic E-state index is -0.272. The van der Waals surface area contributed by atoms with Crippen LogP contribution in [-0.4, -0.2) is 24.8 Å². The van der Waals surface area contributed by atoms with Crippen LogP contribution in [0.15, 0.2) is 52.8 Å². The molecule has 106 valence electrons. The molecular formula is C16H13FN2O2. The van der Waals surface area contributed by atoms with Gasteiger partial charge in [0.15, 0.2) is 0 Å². The lowest BCUT2D eigenvalue weighted by Crippen LogP contribution is -2.34. The van der Waals surface area contributed by atoms with E-state index in [2.05, 4.69) is 16.1 Å². The van der Waals surface area contributed by atoms with Crippen molar-refractivity contribution in [2.24, 2.45) is 15.9 Å². The van der Waals surface area contributed by atoms with Crippen LogP contribution in [0.3, 0.4) is 0 Å². The van der Waals surface area contributed by atoms with Crippen LogP contribution in [0.4, 0.5) is 10.1 Å². The highest BCUT2D eigenvalue weighted by atomic mass is 19.1. The lowest BCUT2D eigenvalue weighted by atomic mass is 9.79. The van der Waals surface area contributed by atoms with Crippen LogP contribution in [0.1, 0.15) is 11.5 Å². The van der Waals surface area contributed by atoms with Gasteiger partial charge in [0.2, 0.25) is 5.90 Å². The number of hydrogen-bond donors (Lipinski definition) is 0. The van der Waals surface area contributed by atoms with Gasteiger partial charge in [-0.2, -0.15) is 0 Å². The van der Waals surface area contributed by atoms with Gasteiger partial charge in [0.25, 0.3) is 0 Å². The molecule has 1 aromatic carbocycles. The summed E-state index contributed by atoms with van der Waals surface area (Å²) in [6, 6.07) is 4.62. The highest BCUT2D eigenvalue weighted by Gasteiger charge is 2.37. The summed E-state index contributed by atoms with van der Waals surface area (Å²) in [4.78, 5) is 8.84. The van der Waals surface area contributed by atoms with Gasteiger partial charge in [-0.15, -0.1) is 0 Å². The van der Waals surface area contributed by atoms with Gasteiger partial charge in [-0.1, -0.05) is 12.2 Å². The molecule has 5 heteroatoms. The maximum absolute atomic E-state index is 13.7. The first-order valence-electron chi connectivity index (χ1n) is 6.85. The summed E-state index contributed by atoms with van der Waals surface area (Å²) < 4.78 is 24.7. The first-order chi connectivity index (χ1) is 10.3. The molecule has 3 aliphatic rings. The standard InChI is InChI=1S/C16H13FN2O2/c17-11-3-4-13-12(8-11)14(10-2-1-6-20-9-10)15-16(19-13)21-7-5-18-15/h1-5,7-8,10,14H,6,9H2/t10-,14?/m0/s1. The van der Waals surface area contributed by atoms with Gasteiger partial charge < -0.3 is 9.47 Å². The number of aliphatic imine (C=N–C) groups is 2. The molecule has 4 rings (SSSR count). The Morgan fingerprint density at radius 1 is 1.29 bits per heavy atom. The Labute approximate surface area is 121 Å². The number of ether oxygens (including phenoxy) is 2. The van der Waals surface area contributed by atoms with E-state index in [1.807, 2.05) is 6.08 Å². The van der Waals surface area contributed by atoms with Crippen molar-refractivity contribution in [3.05, 3.63) is 54.2 Å². The second-order valence-corrected chi connectivity index (χ2v) is 5.14.